The maximum absolute atomic E-state index is 11.7. The highest BCUT2D eigenvalue weighted by atomic mass is 16.5. The van der Waals surface area contributed by atoms with Crippen molar-refractivity contribution in [2.24, 2.45) is 5.92 Å². The zero-order valence-corrected chi connectivity index (χ0v) is 9.56. The average Bonchev–Trinajstić information content (AvgIpc) is 2.73. The second-order valence-corrected chi connectivity index (χ2v) is 4.36. The molecule has 0 saturated carbocycles. The van der Waals surface area contributed by atoms with Crippen molar-refractivity contribution in [2.45, 2.75) is 12.3 Å². The van der Waals surface area contributed by atoms with E-state index in [-0.39, 0.29) is 17.3 Å². The van der Waals surface area contributed by atoms with Crippen molar-refractivity contribution >= 4 is 5.97 Å². The van der Waals surface area contributed by atoms with Crippen LogP contribution in [-0.2, 0) is 14.9 Å². The minimum atomic E-state index is -0.198. The Morgan fingerprint density at radius 2 is 2.25 bits per heavy atom. The van der Waals surface area contributed by atoms with Crippen LogP contribution in [0.4, 0.5) is 0 Å². The lowest BCUT2D eigenvalue weighted by Gasteiger charge is -2.29. The summed E-state index contributed by atoms with van der Waals surface area (Å²) in [5.74, 6) is -0.274. The van der Waals surface area contributed by atoms with E-state index in [0.717, 1.165) is 12.1 Å². The number of hydrogen-bond donors (Lipinski definition) is 1. The van der Waals surface area contributed by atoms with E-state index >= 15 is 0 Å². The minimum absolute atomic E-state index is 0.125. The van der Waals surface area contributed by atoms with Crippen LogP contribution >= 0.6 is 0 Å². The lowest BCUT2D eigenvalue weighted by atomic mass is 9.74. The highest BCUT2D eigenvalue weighted by Gasteiger charge is 2.45. The van der Waals surface area contributed by atoms with Gasteiger partial charge in [0.1, 0.15) is 0 Å². The Labute approximate surface area is 95.0 Å². The molecule has 16 heavy (non-hydrogen) atoms. The monoisotopic (exact) mass is 220 g/mol. The molecule has 1 N–H and O–H groups in total. The third-order valence-corrected chi connectivity index (χ3v) is 3.44. The molecule has 1 saturated heterocycles. The summed E-state index contributed by atoms with van der Waals surface area (Å²) >= 11 is 0. The first kappa shape index (κ1) is 11.1. The predicted octanol–water partition coefficient (Wildman–Crippen LogP) is 0.732. The molecule has 0 aromatic carbocycles. The topological polar surface area (TPSA) is 51.2 Å². The lowest BCUT2D eigenvalue weighted by molar-refractivity contribution is -0.146. The van der Waals surface area contributed by atoms with Crippen LogP contribution in [0.15, 0.2) is 24.5 Å². The van der Waals surface area contributed by atoms with E-state index < -0.39 is 0 Å². The molecule has 1 aromatic rings. The molecular formula is C12H16N2O2. The van der Waals surface area contributed by atoms with Crippen molar-refractivity contribution < 1.29 is 9.53 Å². The molecule has 2 rings (SSSR count). The number of ether oxygens (including phenoxy) is 1. The van der Waals surface area contributed by atoms with Gasteiger partial charge in [-0.1, -0.05) is 6.92 Å². The molecule has 2 unspecified atom stereocenters. The predicted molar refractivity (Wildman–Crippen MR) is 60.0 cm³/mol. The maximum Gasteiger partial charge on any atom is 0.310 e. The molecule has 1 aliphatic heterocycles. The van der Waals surface area contributed by atoms with E-state index in [1.807, 2.05) is 12.1 Å². The van der Waals surface area contributed by atoms with Crippen LogP contribution in [0.5, 0.6) is 0 Å². The number of nitrogens with one attached hydrogen (secondary N) is 1. The Morgan fingerprint density at radius 1 is 1.56 bits per heavy atom. The van der Waals surface area contributed by atoms with Gasteiger partial charge in [-0.3, -0.25) is 9.78 Å². The van der Waals surface area contributed by atoms with E-state index in [0.29, 0.717) is 6.54 Å². The first-order valence-corrected chi connectivity index (χ1v) is 5.37. The molecular weight excluding hydrogens is 204 g/mol. The lowest BCUT2D eigenvalue weighted by Crippen LogP contribution is -2.37. The number of esters is 1. The summed E-state index contributed by atoms with van der Waals surface area (Å²) in [7, 11) is 1.44. The SMILES string of the molecule is COC(=O)C1CNCC1(C)c1ccncc1. The Balaban J connectivity index is 2.33. The molecule has 4 nitrogen and oxygen atoms in total. The Bertz CT molecular complexity index is 380. The second kappa shape index (κ2) is 4.22. The quantitative estimate of drug-likeness (QED) is 0.747. The van der Waals surface area contributed by atoms with E-state index in [2.05, 4.69) is 17.2 Å². The van der Waals surface area contributed by atoms with Crippen LogP contribution < -0.4 is 5.32 Å². The van der Waals surface area contributed by atoms with Crippen molar-refractivity contribution in [1.29, 1.82) is 0 Å². The zero-order valence-electron chi connectivity index (χ0n) is 9.56. The number of carbonyl (C=O) groups excluding carboxylic acids is 1. The van der Waals surface area contributed by atoms with E-state index in [9.17, 15) is 4.79 Å². The van der Waals surface area contributed by atoms with Gasteiger partial charge in [0.15, 0.2) is 0 Å². The molecule has 1 aliphatic rings. The van der Waals surface area contributed by atoms with Crippen LogP contribution in [0.25, 0.3) is 0 Å². The zero-order chi connectivity index (χ0) is 11.6. The van der Waals surface area contributed by atoms with Gasteiger partial charge >= 0.3 is 5.97 Å². The fourth-order valence-corrected chi connectivity index (χ4v) is 2.35. The van der Waals surface area contributed by atoms with Gasteiger partial charge in [-0.2, -0.15) is 0 Å². The van der Waals surface area contributed by atoms with Gasteiger partial charge < -0.3 is 10.1 Å². The molecule has 0 spiro atoms. The minimum Gasteiger partial charge on any atom is -0.469 e. The summed E-state index contributed by atoms with van der Waals surface area (Å²) < 4.78 is 4.86. The number of nitrogens with zero attached hydrogens (tertiary/aromatic N) is 1. The third kappa shape index (κ3) is 1.69. The van der Waals surface area contributed by atoms with Crippen molar-refractivity contribution in [3.05, 3.63) is 30.1 Å². The van der Waals surface area contributed by atoms with Gasteiger partial charge in [0.05, 0.1) is 13.0 Å². The highest BCUT2D eigenvalue weighted by molar-refractivity contribution is 5.75. The summed E-state index contributed by atoms with van der Waals surface area (Å²) in [4.78, 5) is 15.7. The number of hydrogen-bond acceptors (Lipinski definition) is 4. The van der Waals surface area contributed by atoms with E-state index in [1.54, 1.807) is 12.4 Å². The summed E-state index contributed by atoms with van der Waals surface area (Å²) in [5.41, 5.74) is 0.929. The first-order valence-electron chi connectivity index (χ1n) is 5.37. The summed E-state index contributed by atoms with van der Waals surface area (Å²) in [5, 5.41) is 3.26. The fraction of sp³-hybridized carbons (Fsp3) is 0.500. The molecule has 1 fully saturated rings. The molecule has 2 heterocycles. The van der Waals surface area contributed by atoms with E-state index in [1.165, 1.54) is 7.11 Å². The van der Waals surface area contributed by atoms with Crippen LogP contribution in [0.3, 0.4) is 0 Å². The summed E-state index contributed by atoms with van der Waals surface area (Å²) in [6.45, 7) is 3.55. The summed E-state index contributed by atoms with van der Waals surface area (Å²) in [6, 6.07) is 3.92. The van der Waals surface area contributed by atoms with Crippen LogP contribution in [0.1, 0.15) is 12.5 Å². The first-order chi connectivity index (χ1) is 7.68. The number of methoxy groups -OCH3 is 1. The molecule has 0 bridgehead atoms. The van der Waals surface area contributed by atoms with Gasteiger partial charge in [0, 0.05) is 30.9 Å². The standard InChI is InChI=1S/C12H16N2O2/c1-12(9-3-5-13-6-4-9)8-14-7-10(12)11(15)16-2/h3-6,10,14H,7-8H2,1-2H3. The smallest absolute Gasteiger partial charge is 0.310 e. The Morgan fingerprint density at radius 3 is 2.88 bits per heavy atom. The maximum atomic E-state index is 11.7. The normalized spacial score (nSPS) is 29.0. The van der Waals surface area contributed by atoms with Crippen molar-refractivity contribution in [2.75, 3.05) is 20.2 Å². The number of carbonyl (C=O) groups is 1. The van der Waals surface area contributed by atoms with Gasteiger partial charge in [-0.05, 0) is 17.7 Å². The third-order valence-electron chi connectivity index (χ3n) is 3.44. The Hall–Kier alpha value is -1.42. The molecule has 0 radical (unpaired) electrons. The molecule has 2 atom stereocenters. The van der Waals surface area contributed by atoms with E-state index in [4.69, 9.17) is 4.74 Å². The molecule has 0 amide bonds. The number of pyridine rings is 1. The van der Waals surface area contributed by atoms with Gasteiger partial charge in [-0.25, -0.2) is 0 Å². The Kier molecular flexibility index (Phi) is 2.92. The molecule has 4 heteroatoms. The van der Waals surface area contributed by atoms with Crippen molar-refractivity contribution in [1.82, 2.24) is 10.3 Å². The highest BCUT2D eigenvalue weighted by Crippen LogP contribution is 2.35. The van der Waals surface area contributed by atoms with Gasteiger partial charge in [0.2, 0.25) is 0 Å². The fourth-order valence-electron chi connectivity index (χ4n) is 2.35. The number of aromatic nitrogens is 1. The molecule has 1 aromatic heterocycles. The second-order valence-electron chi connectivity index (χ2n) is 4.36. The number of rotatable bonds is 2. The van der Waals surface area contributed by atoms with Crippen molar-refractivity contribution in [3.63, 3.8) is 0 Å². The van der Waals surface area contributed by atoms with Crippen molar-refractivity contribution in [3.8, 4) is 0 Å². The van der Waals surface area contributed by atoms with Crippen LogP contribution in [0.2, 0.25) is 0 Å². The van der Waals surface area contributed by atoms with Crippen LogP contribution in [0, 0.1) is 5.92 Å². The van der Waals surface area contributed by atoms with Gasteiger partial charge in [0.25, 0.3) is 0 Å². The average molecular weight is 220 g/mol. The summed E-state index contributed by atoms with van der Waals surface area (Å²) in [6.07, 6.45) is 3.51. The van der Waals surface area contributed by atoms with Crippen LogP contribution in [-0.4, -0.2) is 31.2 Å². The van der Waals surface area contributed by atoms with Gasteiger partial charge in [-0.15, -0.1) is 0 Å². The molecule has 0 aliphatic carbocycles. The molecule has 86 valence electrons. The largest absolute Gasteiger partial charge is 0.469 e.